The van der Waals surface area contributed by atoms with Gasteiger partial charge in [0.1, 0.15) is 5.82 Å². The summed E-state index contributed by atoms with van der Waals surface area (Å²) in [6, 6.07) is 4.41. The SMILES string of the molecule is CC(C)(C)c1cc(NC(=O)C2CCN(S(=O)(=O)c3ccc(F)c(F)c3)CC2)n(C(C)(C)C)n1. The van der Waals surface area contributed by atoms with E-state index < -0.39 is 21.7 Å². The van der Waals surface area contributed by atoms with Gasteiger partial charge in [0.15, 0.2) is 11.6 Å². The predicted octanol–water partition coefficient (Wildman–Crippen LogP) is 4.25. The Morgan fingerprint density at radius 3 is 2.15 bits per heavy atom. The molecule has 1 aromatic carbocycles. The molecular weight excluding hydrogens is 450 g/mol. The normalized spacial score (nSPS) is 16.7. The van der Waals surface area contributed by atoms with Crippen molar-refractivity contribution in [3.63, 3.8) is 0 Å². The van der Waals surface area contributed by atoms with Crippen molar-refractivity contribution in [2.75, 3.05) is 18.4 Å². The summed E-state index contributed by atoms with van der Waals surface area (Å²) in [5.74, 6) is -2.27. The van der Waals surface area contributed by atoms with Crippen LogP contribution in [0.3, 0.4) is 0 Å². The van der Waals surface area contributed by atoms with Gasteiger partial charge < -0.3 is 5.32 Å². The maximum absolute atomic E-state index is 13.5. The van der Waals surface area contributed by atoms with Crippen LogP contribution in [0.25, 0.3) is 0 Å². The number of amides is 1. The zero-order chi connectivity index (χ0) is 24.8. The number of piperidine rings is 1. The highest BCUT2D eigenvalue weighted by atomic mass is 32.2. The quantitative estimate of drug-likeness (QED) is 0.706. The molecule has 2 aromatic rings. The van der Waals surface area contributed by atoms with Crippen molar-refractivity contribution in [3.05, 3.63) is 41.6 Å². The van der Waals surface area contributed by atoms with E-state index in [2.05, 4.69) is 26.1 Å². The molecule has 1 fully saturated rings. The minimum Gasteiger partial charge on any atom is -0.311 e. The van der Waals surface area contributed by atoms with E-state index in [1.807, 2.05) is 26.8 Å². The first-order valence-electron chi connectivity index (χ1n) is 11.0. The second-order valence-corrected chi connectivity index (χ2v) is 12.4. The lowest BCUT2D eigenvalue weighted by Gasteiger charge is -2.31. The minimum absolute atomic E-state index is 0.116. The Morgan fingerprint density at radius 1 is 1.03 bits per heavy atom. The highest BCUT2D eigenvalue weighted by Gasteiger charge is 2.33. The van der Waals surface area contributed by atoms with E-state index in [1.165, 1.54) is 4.31 Å². The second kappa shape index (κ2) is 8.79. The Kier molecular flexibility index (Phi) is 6.74. The van der Waals surface area contributed by atoms with Gasteiger partial charge >= 0.3 is 0 Å². The van der Waals surface area contributed by atoms with Crippen LogP contribution in [0.15, 0.2) is 29.2 Å². The van der Waals surface area contributed by atoms with Crippen LogP contribution in [0.5, 0.6) is 0 Å². The second-order valence-electron chi connectivity index (χ2n) is 10.5. The molecule has 0 aliphatic carbocycles. The van der Waals surface area contributed by atoms with Gasteiger partial charge in [-0.05, 0) is 51.8 Å². The molecule has 33 heavy (non-hydrogen) atoms. The summed E-state index contributed by atoms with van der Waals surface area (Å²) in [6.45, 7) is 12.4. The largest absolute Gasteiger partial charge is 0.311 e. The van der Waals surface area contributed by atoms with Crippen molar-refractivity contribution in [1.82, 2.24) is 14.1 Å². The van der Waals surface area contributed by atoms with E-state index in [-0.39, 0.29) is 40.8 Å². The van der Waals surface area contributed by atoms with E-state index in [0.29, 0.717) is 24.7 Å². The highest BCUT2D eigenvalue weighted by molar-refractivity contribution is 7.89. The number of halogens is 2. The summed E-state index contributed by atoms with van der Waals surface area (Å²) < 4.78 is 55.3. The molecule has 0 bridgehead atoms. The molecule has 1 N–H and O–H groups in total. The third-order valence-corrected chi connectivity index (χ3v) is 7.61. The summed E-state index contributed by atoms with van der Waals surface area (Å²) in [5, 5.41) is 7.68. The number of hydrogen-bond donors (Lipinski definition) is 1. The number of rotatable bonds is 4. The van der Waals surface area contributed by atoms with Gasteiger partial charge in [-0.3, -0.25) is 4.79 Å². The van der Waals surface area contributed by atoms with Crippen LogP contribution in [0, 0.1) is 17.6 Å². The molecule has 1 amide bonds. The topological polar surface area (TPSA) is 84.3 Å². The van der Waals surface area contributed by atoms with Gasteiger partial charge in [0, 0.05) is 30.5 Å². The molecule has 3 rings (SSSR count). The van der Waals surface area contributed by atoms with Gasteiger partial charge in [0.05, 0.1) is 16.1 Å². The van der Waals surface area contributed by atoms with Gasteiger partial charge in [-0.25, -0.2) is 21.9 Å². The Labute approximate surface area is 194 Å². The van der Waals surface area contributed by atoms with Crippen LogP contribution in [-0.4, -0.2) is 41.5 Å². The van der Waals surface area contributed by atoms with Crippen molar-refractivity contribution >= 4 is 21.7 Å². The molecule has 1 aliphatic rings. The summed E-state index contributed by atoms with van der Waals surface area (Å²) >= 11 is 0. The number of anilines is 1. The molecule has 1 saturated heterocycles. The lowest BCUT2D eigenvalue weighted by atomic mass is 9.92. The zero-order valence-corrected chi connectivity index (χ0v) is 20.8. The maximum atomic E-state index is 13.5. The van der Waals surface area contributed by atoms with Crippen molar-refractivity contribution in [3.8, 4) is 0 Å². The van der Waals surface area contributed by atoms with Gasteiger partial charge in [0.2, 0.25) is 15.9 Å². The van der Waals surface area contributed by atoms with Crippen LogP contribution in [0.2, 0.25) is 0 Å². The predicted molar refractivity (Wildman–Crippen MR) is 122 cm³/mol. The third-order valence-electron chi connectivity index (χ3n) is 5.72. The van der Waals surface area contributed by atoms with Crippen LogP contribution in [0.1, 0.15) is 60.1 Å². The first-order valence-corrected chi connectivity index (χ1v) is 12.4. The monoisotopic (exact) mass is 482 g/mol. The summed E-state index contributed by atoms with van der Waals surface area (Å²) in [7, 11) is -3.97. The molecule has 10 heteroatoms. The van der Waals surface area contributed by atoms with Crippen LogP contribution >= 0.6 is 0 Å². The van der Waals surface area contributed by atoms with Crippen molar-refractivity contribution in [2.45, 2.75) is 70.2 Å². The average Bonchev–Trinajstić information content (AvgIpc) is 3.15. The number of carbonyl (C=O) groups excluding carboxylic acids is 1. The minimum atomic E-state index is -3.97. The first-order chi connectivity index (χ1) is 15.1. The molecule has 7 nitrogen and oxygen atoms in total. The van der Waals surface area contributed by atoms with E-state index in [1.54, 1.807) is 4.68 Å². The molecule has 1 aliphatic heterocycles. The first kappa shape index (κ1) is 25.3. The van der Waals surface area contributed by atoms with Crippen molar-refractivity contribution in [2.24, 2.45) is 5.92 Å². The molecule has 0 spiro atoms. The lowest BCUT2D eigenvalue weighted by molar-refractivity contribution is -0.121. The lowest BCUT2D eigenvalue weighted by Crippen LogP contribution is -2.41. The van der Waals surface area contributed by atoms with E-state index in [4.69, 9.17) is 5.10 Å². The summed E-state index contributed by atoms with van der Waals surface area (Å²) in [6.07, 6.45) is 0.648. The molecule has 1 aromatic heterocycles. The summed E-state index contributed by atoms with van der Waals surface area (Å²) in [5.41, 5.74) is 0.337. The fourth-order valence-electron chi connectivity index (χ4n) is 3.72. The van der Waals surface area contributed by atoms with Crippen molar-refractivity contribution in [1.29, 1.82) is 0 Å². The third kappa shape index (κ3) is 5.43. The van der Waals surface area contributed by atoms with Gasteiger partial charge in [-0.15, -0.1) is 0 Å². The number of nitrogens with one attached hydrogen (secondary N) is 1. The fourth-order valence-corrected chi connectivity index (χ4v) is 5.20. The van der Waals surface area contributed by atoms with Gasteiger partial charge in [-0.2, -0.15) is 9.40 Å². The maximum Gasteiger partial charge on any atom is 0.243 e. The van der Waals surface area contributed by atoms with Gasteiger partial charge in [-0.1, -0.05) is 20.8 Å². The number of aromatic nitrogens is 2. The molecular formula is C23H32F2N4O3S. The Balaban J connectivity index is 1.71. The molecule has 0 radical (unpaired) electrons. The van der Waals surface area contributed by atoms with Crippen LogP contribution < -0.4 is 5.32 Å². The Morgan fingerprint density at radius 2 is 1.64 bits per heavy atom. The van der Waals surface area contributed by atoms with Crippen LogP contribution in [0.4, 0.5) is 14.6 Å². The number of hydrogen-bond acceptors (Lipinski definition) is 4. The Bertz CT molecular complexity index is 1140. The van der Waals surface area contributed by atoms with E-state index >= 15 is 0 Å². The molecule has 0 saturated carbocycles. The standard InChI is InChI=1S/C23H32F2N4O3S/c1-22(2,3)19-14-20(29(27-19)23(4,5)6)26-21(30)15-9-11-28(12-10-15)33(31,32)16-7-8-17(24)18(25)13-16/h7-8,13-15H,9-12H2,1-6H3,(H,26,30). The van der Waals surface area contributed by atoms with Crippen molar-refractivity contribution < 1.29 is 22.0 Å². The molecule has 2 heterocycles. The van der Waals surface area contributed by atoms with E-state index in [0.717, 1.165) is 17.8 Å². The zero-order valence-electron chi connectivity index (χ0n) is 19.9. The molecule has 0 atom stereocenters. The number of benzene rings is 1. The Hall–Kier alpha value is -2.33. The van der Waals surface area contributed by atoms with Crippen LogP contribution in [-0.2, 0) is 25.8 Å². The number of sulfonamides is 1. The summed E-state index contributed by atoms with van der Waals surface area (Å²) in [4.78, 5) is 12.7. The van der Waals surface area contributed by atoms with E-state index in [9.17, 15) is 22.0 Å². The highest BCUT2D eigenvalue weighted by Crippen LogP contribution is 2.30. The van der Waals surface area contributed by atoms with Gasteiger partial charge in [0.25, 0.3) is 0 Å². The smallest absolute Gasteiger partial charge is 0.243 e. The number of carbonyl (C=O) groups is 1. The average molecular weight is 483 g/mol. The fraction of sp³-hybridized carbons (Fsp3) is 0.565. The molecule has 182 valence electrons. The number of nitrogens with zero attached hydrogens (tertiary/aromatic N) is 3. The molecule has 0 unspecified atom stereocenters.